The maximum absolute atomic E-state index is 12.1. The van der Waals surface area contributed by atoms with E-state index in [1.165, 1.54) is 0 Å². The maximum atomic E-state index is 12.1. The van der Waals surface area contributed by atoms with Gasteiger partial charge in [0.1, 0.15) is 0 Å². The van der Waals surface area contributed by atoms with Crippen molar-refractivity contribution in [3.63, 3.8) is 0 Å². The number of carbonyl (C=O) groups excluding carboxylic acids is 1. The lowest BCUT2D eigenvalue weighted by molar-refractivity contribution is -0.117. The molecule has 2 aromatic rings. The largest absolute Gasteiger partial charge is 0.379 e. The number of anilines is 2. The molecular weight excluding hydrogens is 350 g/mol. The summed E-state index contributed by atoms with van der Waals surface area (Å²) in [7, 11) is 0. The van der Waals surface area contributed by atoms with Gasteiger partial charge in [-0.25, -0.2) is 9.97 Å². The van der Waals surface area contributed by atoms with E-state index in [1.54, 1.807) is 17.5 Å². The van der Waals surface area contributed by atoms with Crippen molar-refractivity contribution in [3.8, 4) is 0 Å². The van der Waals surface area contributed by atoms with Gasteiger partial charge < -0.3 is 15.4 Å². The van der Waals surface area contributed by atoms with Crippen molar-refractivity contribution in [2.24, 2.45) is 5.92 Å². The number of aromatic nitrogens is 2. The van der Waals surface area contributed by atoms with Gasteiger partial charge in [0, 0.05) is 37.3 Å². The molecule has 7 nitrogen and oxygen atoms in total. The Morgan fingerprint density at radius 1 is 1.38 bits per heavy atom. The third kappa shape index (κ3) is 4.13. The molecule has 2 N–H and O–H groups in total. The van der Waals surface area contributed by atoms with E-state index in [0.717, 1.165) is 61.0 Å². The number of pyridine rings is 1. The fourth-order valence-electron chi connectivity index (χ4n) is 3.21. The number of thiazole rings is 1. The van der Waals surface area contributed by atoms with Crippen molar-refractivity contribution in [2.45, 2.75) is 32.2 Å². The zero-order valence-electron chi connectivity index (χ0n) is 15.2. The van der Waals surface area contributed by atoms with Crippen molar-refractivity contribution >= 4 is 38.4 Å². The van der Waals surface area contributed by atoms with E-state index in [0.29, 0.717) is 5.82 Å². The minimum Gasteiger partial charge on any atom is -0.379 e. The molecule has 2 fully saturated rings. The molecule has 140 valence electrons. The number of amides is 1. The maximum Gasteiger partial charge on any atom is 0.228 e. The number of fused-ring (bicyclic) bond motifs is 1. The number of carbonyl (C=O) groups is 1. The third-order valence-electron chi connectivity index (χ3n) is 4.66. The number of nitrogens with zero attached hydrogens (tertiary/aromatic N) is 3. The predicted molar refractivity (Wildman–Crippen MR) is 104 cm³/mol. The SMILES string of the molecule is CC(C)(CN1CCOCC1)Nc1nc2ccnc(NC(=O)C3CC3)c2s1. The Balaban J connectivity index is 1.48. The van der Waals surface area contributed by atoms with Gasteiger partial charge >= 0.3 is 0 Å². The average molecular weight is 375 g/mol. The highest BCUT2D eigenvalue weighted by Crippen LogP contribution is 2.34. The summed E-state index contributed by atoms with van der Waals surface area (Å²) >= 11 is 1.54. The van der Waals surface area contributed by atoms with Gasteiger partial charge in [-0.2, -0.15) is 0 Å². The first-order valence-corrected chi connectivity index (χ1v) is 9.96. The van der Waals surface area contributed by atoms with Gasteiger partial charge in [-0.05, 0) is 32.8 Å². The molecule has 0 unspecified atom stereocenters. The van der Waals surface area contributed by atoms with Gasteiger partial charge in [-0.15, -0.1) is 0 Å². The molecule has 1 saturated carbocycles. The van der Waals surface area contributed by atoms with E-state index in [4.69, 9.17) is 9.72 Å². The van der Waals surface area contributed by atoms with Crippen LogP contribution in [0.4, 0.5) is 10.9 Å². The van der Waals surface area contributed by atoms with Crippen molar-refractivity contribution in [1.82, 2.24) is 14.9 Å². The second-order valence-electron chi connectivity index (χ2n) is 7.69. The van der Waals surface area contributed by atoms with Crippen LogP contribution >= 0.6 is 11.3 Å². The van der Waals surface area contributed by atoms with Gasteiger partial charge in [0.15, 0.2) is 10.9 Å². The summed E-state index contributed by atoms with van der Waals surface area (Å²) in [5, 5.41) is 7.37. The molecule has 2 aromatic heterocycles. The van der Waals surface area contributed by atoms with E-state index in [1.807, 2.05) is 6.07 Å². The Morgan fingerprint density at radius 2 is 2.15 bits per heavy atom. The van der Waals surface area contributed by atoms with Crippen LogP contribution in [0.1, 0.15) is 26.7 Å². The van der Waals surface area contributed by atoms with E-state index < -0.39 is 0 Å². The number of morpholine rings is 1. The first-order chi connectivity index (χ1) is 12.5. The zero-order valence-corrected chi connectivity index (χ0v) is 16.1. The quantitative estimate of drug-likeness (QED) is 0.808. The fraction of sp³-hybridized carbons (Fsp3) is 0.611. The van der Waals surface area contributed by atoms with Crippen LogP contribution in [0.15, 0.2) is 12.3 Å². The number of hydrogen-bond acceptors (Lipinski definition) is 7. The van der Waals surface area contributed by atoms with E-state index in [-0.39, 0.29) is 17.4 Å². The molecule has 3 heterocycles. The third-order valence-corrected chi connectivity index (χ3v) is 5.66. The van der Waals surface area contributed by atoms with Crippen LogP contribution in [0.2, 0.25) is 0 Å². The van der Waals surface area contributed by atoms with Crippen LogP contribution in [-0.4, -0.2) is 59.2 Å². The van der Waals surface area contributed by atoms with E-state index in [9.17, 15) is 4.79 Å². The first-order valence-electron chi connectivity index (χ1n) is 9.15. The van der Waals surface area contributed by atoms with Crippen LogP contribution in [-0.2, 0) is 9.53 Å². The Kier molecular flexibility index (Phi) is 4.81. The predicted octanol–water partition coefficient (Wildman–Crippen LogP) is 2.56. The number of hydrogen-bond donors (Lipinski definition) is 2. The van der Waals surface area contributed by atoms with Crippen LogP contribution in [0, 0.1) is 5.92 Å². The fourth-order valence-corrected chi connectivity index (χ4v) is 4.29. The van der Waals surface area contributed by atoms with Gasteiger partial charge in [0.2, 0.25) is 5.91 Å². The average Bonchev–Trinajstić information content (AvgIpc) is 3.36. The molecule has 0 radical (unpaired) electrons. The molecule has 26 heavy (non-hydrogen) atoms. The lowest BCUT2D eigenvalue weighted by Crippen LogP contribution is -2.48. The highest BCUT2D eigenvalue weighted by Gasteiger charge is 2.30. The molecule has 1 saturated heterocycles. The van der Waals surface area contributed by atoms with E-state index >= 15 is 0 Å². The molecule has 1 aliphatic carbocycles. The summed E-state index contributed by atoms with van der Waals surface area (Å²) in [6, 6.07) is 1.89. The summed E-state index contributed by atoms with van der Waals surface area (Å²) in [5.74, 6) is 0.849. The monoisotopic (exact) mass is 375 g/mol. The normalized spacial score (nSPS) is 18.8. The van der Waals surface area contributed by atoms with Crippen LogP contribution in [0.5, 0.6) is 0 Å². The first kappa shape index (κ1) is 17.6. The minimum atomic E-state index is -0.115. The highest BCUT2D eigenvalue weighted by molar-refractivity contribution is 7.22. The highest BCUT2D eigenvalue weighted by atomic mass is 32.1. The molecule has 0 aromatic carbocycles. The van der Waals surface area contributed by atoms with Crippen molar-refractivity contribution in [3.05, 3.63) is 12.3 Å². The Hall–Kier alpha value is -1.77. The summed E-state index contributed by atoms with van der Waals surface area (Å²) in [6.07, 6.45) is 3.66. The molecular formula is C18H25N5O2S. The summed E-state index contributed by atoms with van der Waals surface area (Å²) in [4.78, 5) is 23.5. The van der Waals surface area contributed by atoms with Gasteiger partial charge in [0.25, 0.3) is 0 Å². The Morgan fingerprint density at radius 3 is 2.88 bits per heavy atom. The van der Waals surface area contributed by atoms with Crippen LogP contribution < -0.4 is 10.6 Å². The molecule has 0 atom stereocenters. The molecule has 4 rings (SSSR count). The molecule has 1 aliphatic heterocycles. The summed E-state index contributed by atoms with van der Waals surface area (Å²) in [5.41, 5.74) is 0.747. The number of rotatable bonds is 6. The number of nitrogens with one attached hydrogen (secondary N) is 2. The lowest BCUT2D eigenvalue weighted by atomic mass is 10.1. The Labute approximate surface area is 157 Å². The van der Waals surface area contributed by atoms with Gasteiger partial charge in [-0.1, -0.05) is 11.3 Å². The standard InChI is InChI=1S/C18H25N5O2S/c1-18(2,11-23-7-9-25-10-8-23)22-17-20-13-5-6-19-15(14(13)26-17)21-16(24)12-3-4-12/h5-6,12H,3-4,7-11H2,1-2H3,(H,20,22)(H,19,21,24). The molecule has 0 bridgehead atoms. The number of ether oxygens (including phenoxy) is 1. The Bertz CT molecular complexity index is 796. The molecule has 8 heteroatoms. The van der Waals surface area contributed by atoms with Crippen LogP contribution in [0.3, 0.4) is 0 Å². The summed E-state index contributed by atoms with van der Waals surface area (Å²) < 4.78 is 6.35. The second-order valence-corrected chi connectivity index (χ2v) is 8.69. The lowest BCUT2D eigenvalue weighted by Gasteiger charge is -2.35. The van der Waals surface area contributed by atoms with E-state index in [2.05, 4.69) is 34.4 Å². The minimum absolute atomic E-state index is 0.0700. The van der Waals surface area contributed by atoms with Crippen molar-refractivity contribution in [1.29, 1.82) is 0 Å². The molecule has 0 spiro atoms. The molecule has 2 aliphatic rings. The van der Waals surface area contributed by atoms with Crippen LogP contribution in [0.25, 0.3) is 10.2 Å². The molecule has 1 amide bonds. The van der Waals surface area contributed by atoms with Gasteiger partial charge in [0.05, 0.1) is 23.4 Å². The smallest absolute Gasteiger partial charge is 0.228 e. The van der Waals surface area contributed by atoms with Crippen molar-refractivity contribution in [2.75, 3.05) is 43.5 Å². The zero-order chi connectivity index (χ0) is 18.1. The topological polar surface area (TPSA) is 79.4 Å². The second kappa shape index (κ2) is 7.09. The van der Waals surface area contributed by atoms with Gasteiger partial charge in [-0.3, -0.25) is 9.69 Å². The van der Waals surface area contributed by atoms with Crippen molar-refractivity contribution < 1.29 is 9.53 Å². The summed E-state index contributed by atoms with van der Waals surface area (Å²) in [6.45, 7) is 8.82.